The van der Waals surface area contributed by atoms with Gasteiger partial charge in [0.15, 0.2) is 0 Å². The van der Waals surface area contributed by atoms with E-state index in [2.05, 4.69) is 16.3 Å². The van der Waals surface area contributed by atoms with Crippen LogP contribution in [0.3, 0.4) is 0 Å². The minimum Gasteiger partial charge on any atom is -0.311 e. The predicted molar refractivity (Wildman–Crippen MR) is 78.8 cm³/mol. The summed E-state index contributed by atoms with van der Waals surface area (Å²) in [6, 6.07) is 8.21. The van der Waals surface area contributed by atoms with Crippen molar-refractivity contribution in [3.05, 3.63) is 57.8 Å². The quantitative estimate of drug-likeness (QED) is 0.878. The molecule has 1 N–H and O–H groups in total. The van der Waals surface area contributed by atoms with Crippen LogP contribution >= 0.6 is 11.3 Å². The van der Waals surface area contributed by atoms with Crippen LogP contribution in [-0.2, 0) is 6.54 Å². The molecule has 20 heavy (non-hydrogen) atoms. The Balaban J connectivity index is 1.97. The van der Waals surface area contributed by atoms with E-state index in [0.29, 0.717) is 6.54 Å². The van der Waals surface area contributed by atoms with Crippen molar-refractivity contribution in [2.75, 3.05) is 20.6 Å². The minimum atomic E-state index is -0.505. The molecule has 0 saturated carbocycles. The Bertz CT molecular complexity index is 521. The third-order valence-electron chi connectivity index (χ3n) is 3.20. The summed E-state index contributed by atoms with van der Waals surface area (Å²) in [4.78, 5) is 3.33. The number of benzene rings is 1. The van der Waals surface area contributed by atoms with Crippen LogP contribution < -0.4 is 5.32 Å². The Labute approximate surface area is 122 Å². The van der Waals surface area contributed by atoms with Crippen LogP contribution in [0.25, 0.3) is 0 Å². The molecule has 1 aromatic heterocycles. The minimum absolute atomic E-state index is 0.0937. The van der Waals surface area contributed by atoms with E-state index in [1.165, 1.54) is 23.1 Å². The van der Waals surface area contributed by atoms with E-state index in [9.17, 15) is 8.78 Å². The molecule has 1 aromatic carbocycles. The van der Waals surface area contributed by atoms with E-state index in [0.717, 1.165) is 0 Å². The Morgan fingerprint density at radius 3 is 2.40 bits per heavy atom. The second-order valence-corrected chi connectivity index (χ2v) is 5.81. The third kappa shape index (κ3) is 3.62. The first-order valence-corrected chi connectivity index (χ1v) is 7.31. The molecule has 2 rings (SSSR count). The Hall–Kier alpha value is -1.30. The van der Waals surface area contributed by atoms with Gasteiger partial charge >= 0.3 is 0 Å². The van der Waals surface area contributed by atoms with Crippen LogP contribution in [0.1, 0.15) is 16.5 Å². The second kappa shape index (κ2) is 6.92. The third-order valence-corrected chi connectivity index (χ3v) is 4.17. The molecule has 0 aliphatic heterocycles. The lowest BCUT2D eigenvalue weighted by Crippen LogP contribution is -2.30. The van der Waals surface area contributed by atoms with Gasteiger partial charge in [-0.1, -0.05) is 12.1 Å². The van der Waals surface area contributed by atoms with Gasteiger partial charge < -0.3 is 10.2 Å². The van der Waals surface area contributed by atoms with Gasteiger partial charge in [-0.15, -0.1) is 11.3 Å². The molecule has 0 radical (unpaired) electrons. The Morgan fingerprint density at radius 2 is 1.85 bits per heavy atom. The fraction of sp³-hybridized carbons (Fsp3) is 0.333. The van der Waals surface area contributed by atoms with Gasteiger partial charge in [-0.25, -0.2) is 8.78 Å². The summed E-state index contributed by atoms with van der Waals surface area (Å²) in [5, 5.41) is 5.17. The summed E-state index contributed by atoms with van der Waals surface area (Å²) in [6.45, 7) is 0.829. The lowest BCUT2D eigenvalue weighted by Gasteiger charge is -2.23. The molecule has 0 aliphatic rings. The van der Waals surface area contributed by atoms with Gasteiger partial charge in [-0.2, -0.15) is 0 Å². The molecule has 0 saturated heterocycles. The highest BCUT2D eigenvalue weighted by Crippen LogP contribution is 2.22. The number of thiophene rings is 1. The zero-order valence-electron chi connectivity index (χ0n) is 11.6. The zero-order chi connectivity index (χ0) is 14.5. The number of halogens is 2. The number of nitrogens with zero attached hydrogens (tertiary/aromatic N) is 1. The van der Waals surface area contributed by atoms with Gasteiger partial charge in [0.05, 0.1) is 6.04 Å². The van der Waals surface area contributed by atoms with E-state index in [1.54, 1.807) is 11.3 Å². The van der Waals surface area contributed by atoms with Crippen LogP contribution in [0.15, 0.2) is 35.7 Å². The van der Waals surface area contributed by atoms with Crippen molar-refractivity contribution >= 4 is 11.3 Å². The molecule has 2 aromatic rings. The number of hydrogen-bond donors (Lipinski definition) is 1. The molecule has 0 bridgehead atoms. The first-order chi connectivity index (χ1) is 9.59. The smallest absolute Gasteiger partial charge is 0.130 e. The Morgan fingerprint density at radius 1 is 1.15 bits per heavy atom. The summed E-state index contributed by atoms with van der Waals surface area (Å²) in [5.74, 6) is -1.01. The predicted octanol–water partition coefficient (Wildman–Crippen LogP) is 3.42. The van der Waals surface area contributed by atoms with Crippen LogP contribution in [0, 0.1) is 11.6 Å². The van der Waals surface area contributed by atoms with Crippen LogP contribution in [0.4, 0.5) is 8.78 Å². The van der Waals surface area contributed by atoms with Crippen molar-refractivity contribution < 1.29 is 8.78 Å². The van der Waals surface area contributed by atoms with E-state index in [4.69, 9.17) is 0 Å². The number of nitrogens with one attached hydrogen (secondary N) is 1. The maximum absolute atomic E-state index is 13.5. The first-order valence-electron chi connectivity index (χ1n) is 6.43. The van der Waals surface area contributed by atoms with Crippen molar-refractivity contribution in [2.24, 2.45) is 0 Å². The highest BCUT2D eigenvalue weighted by molar-refractivity contribution is 7.10. The maximum atomic E-state index is 13.5. The molecular weight excluding hydrogens is 278 g/mol. The lowest BCUT2D eigenvalue weighted by molar-refractivity contribution is 0.291. The molecule has 0 fully saturated rings. The van der Waals surface area contributed by atoms with Gasteiger partial charge in [0.1, 0.15) is 11.6 Å². The van der Waals surface area contributed by atoms with Crippen molar-refractivity contribution in [3.63, 3.8) is 0 Å². The van der Waals surface area contributed by atoms with E-state index < -0.39 is 11.6 Å². The summed E-state index contributed by atoms with van der Waals surface area (Å²) in [6.07, 6.45) is 0. The molecule has 0 aliphatic carbocycles. The number of rotatable bonds is 6. The van der Waals surface area contributed by atoms with Crippen molar-refractivity contribution in [1.29, 1.82) is 0 Å². The van der Waals surface area contributed by atoms with E-state index in [-0.39, 0.29) is 18.2 Å². The fourth-order valence-corrected chi connectivity index (χ4v) is 2.98. The fourth-order valence-electron chi connectivity index (χ4n) is 2.05. The lowest BCUT2D eigenvalue weighted by atomic mass is 10.1. The standard InChI is InChI=1S/C15H18F2N2S/c1-19(2)14(15-7-4-8-20-15)10-18-9-11-12(16)5-3-6-13(11)17/h3-8,14,18H,9-10H2,1-2H3. The van der Waals surface area contributed by atoms with Crippen LogP contribution in [0.2, 0.25) is 0 Å². The average molecular weight is 296 g/mol. The highest BCUT2D eigenvalue weighted by atomic mass is 32.1. The molecule has 0 spiro atoms. The van der Waals surface area contributed by atoms with Gasteiger partial charge in [-0.05, 0) is 37.7 Å². The maximum Gasteiger partial charge on any atom is 0.130 e. The molecule has 108 valence electrons. The summed E-state index contributed by atoms with van der Waals surface area (Å²) < 4.78 is 27.0. The normalized spacial score (nSPS) is 12.8. The Kier molecular flexibility index (Phi) is 5.23. The molecule has 5 heteroatoms. The number of hydrogen-bond acceptors (Lipinski definition) is 3. The molecular formula is C15H18F2N2S. The molecule has 0 amide bonds. The van der Waals surface area contributed by atoms with E-state index >= 15 is 0 Å². The van der Waals surface area contributed by atoms with E-state index in [1.807, 2.05) is 25.5 Å². The largest absolute Gasteiger partial charge is 0.311 e. The van der Waals surface area contributed by atoms with Crippen molar-refractivity contribution in [3.8, 4) is 0 Å². The first kappa shape index (κ1) is 15.1. The highest BCUT2D eigenvalue weighted by Gasteiger charge is 2.15. The summed E-state index contributed by atoms with van der Waals surface area (Å²) >= 11 is 1.68. The molecule has 1 unspecified atom stereocenters. The van der Waals surface area contributed by atoms with Crippen LogP contribution in [-0.4, -0.2) is 25.5 Å². The molecule has 1 atom stereocenters. The van der Waals surface area contributed by atoms with Crippen LogP contribution in [0.5, 0.6) is 0 Å². The average Bonchev–Trinajstić information content (AvgIpc) is 2.90. The van der Waals surface area contributed by atoms with Crippen molar-refractivity contribution in [1.82, 2.24) is 10.2 Å². The molecule has 2 nitrogen and oxygen atoms in total. The summed E-state index contributed by atoms with van der Waals surface area (Å²) in [7, 11) is 3.99. The van der Waals surface area contributed by atoms with Gasteiger partial charge in [-0.3, -0.25) is 0 Å². The van der Waals surface area contributed by atoms with Gasteiger partial charge in [0.2, 0.25) is 0 Å². The molecule has 1 heterocycles. The monoisotopic (exact) mass is 296 g/mol. The van der Waals surface area contributed by atoms with Crippen molar-refractivity contribution in [2.45, 2.75) is 12.6 Å². The second-order valence-electron chi connectivity index (χ2n) is 4.83. The summed E-state index contributed by atoms with van der Waals surface area (Å²) in [5.41, 5.74) is 0.0937. The SMILES string of the molecule is CN(C)C(CNCc1c(F)cccc1F)c1cccs1. The van der Waals surface area contributed by atoms with Gasteiger partial charge in [0.25, 0.3) is 0 Å². The zero-order valence-corrected chi connectivity index (χ0v) is 12.4. The topological polar surface area (TPSA) is 15.3 Å². The number of likely N-dealkylation sites (N-methyl/N-ethyl adjacent to an activating group) is 1. The van der Waals surface area contributed by atoms with Gasteiger partial charge in [0, 0.05) is 23.5 Å².